The fraction of sp³-hybridized carbons (Fsp3) is 0.429. The van der Waals surface area contributed by atoms with E-state index in [1.165, 1.54) is 28.6 Å². The summed E-state index contributed by atoms with van der Waals surface area (Å²) in [5.41, 5.74) is 1.06. The molecule has 172 valence electrons. The van der Waals surface area contributed by atoms with Gasteiger partial charge in [0.1, 0.15) is 11.5 Å². The van der Waals surface area contributed by atoms with Crippen LogP contribution < -0.4 is 4.90 Å². The fourth-order valence-electron chi connectivity index (χ4n) is 4.05. The molecule has 2 fully saturated rings. The van der Waals surface area contributed by atoms with Gasteiger partial charge in [-0.3, -0.25) is 15.0 Å². The Morgan fingerprint density at radius 3 is 2.38 bits per heavy atom. The maximum Gasteiger partial charge on any atom is 0.293 e. The van der Waals surface area contributed by atoms with Crippen molar-refractivity contribution in [2.75, 3.05) is 57.4 Å². The number of hydrogen-bond acceptors (Lipinski definition) is 7. The van der Waals surface area contributed by atoms with Gasteiger partial charge in [0.25, 0.3) is 5.69 Å². The quantitative estimate of drug-likeness (QED) is 0.477. The lowest BCUT2D eigenvalue weighted by Crippen LogP contribution is -2.46. The van der Waals surface area contributed by atoms with Crippen LogP contribution >= 0.6 is 0 Å². The van der Waals surface area contributed by atoms with Crippen molar-refractivity contribution >= 4 is 21.4 Å². The molecule has 4 rings (SSSR count). The lowest BCUT2D eigenvalue weighted by atomic mass is 10.1. The van der Waals surface area contributed by atoms with E-state index >= 15 is 0 Å². The lowest BCUT2D eigenvalue weighted by molar-refractivity contribution is -0.384. The van der Waals surface area contributed by atoms with Gasteiger partial charge in [0.05, 0.1) is 23.0 Å². The number of piperazine rings is 1. The first-order valence-corrected chi connectivity index (χ1v) is 11.9. The van der Waals surface area contributed by atoms with E-state index in [1.807, 2.05) is 11.0 Å². The highest BCUT2D eigenvalue weighted by Crippen LogP contribution is 2.32. The van der Waals surface area contributed by atoms with Crippen molar-refractivity contribution in [3.63, 3.8) is 0 Å². The Morgan fingerprint density at radius 2 is 1.72 bits per heavy atom. The van der Waals surface area contributed by atoms with Gasteiger partial charge in [0.2, 0.25) is 10.0 Å². The van der Waals surface area contributed by atoms with Crippen LogP contribution in [0.3, 0.4) is 0 Å². The highest BCUT2D eigenvalue weighted by atomic mass is 32.2. The van der Waals surface area contributed by atoms with E-state index in [2.05, 4.69) is 4.90 Å². The number of nitro benzene ring substituents is 1. The number of halogens is 1. The van der Waals surface area contributed by atoms with Gasteiger partial charge in [-0.25, -0.2) is 12.8 Å². The smallest absolute Gasteiger partial charge is 0.293 e. The van der Waals surface area contributed by atoms with Gasteiger partial charge in [-0.15, -0.1) is 0 Å². The summed E-state index contributed by atoms with van der Waals surface area (Å²) in [4.78, 5) is 15.2. The standard InChI is InChI=1S/C21H25FN4O5S/c22-18-3-1-2-17(14-18)16-23-6-8-24(9-7-23)20-5-4-19(15-21(20)26(27)28)32(29,30)25-10-12-31-13-11-25/h1-5,14-15H,6-13,16H2. The number of rotatable bonds is 6. The van der Waals surface area contributed by atoms with Gasteiger partial charge >= 0.3 is 0 Å². The minimum absolute atomic E-state index is 0.0837. The Labute approximate surface area is 186 Å². The molecule has 0 saturated carbocycles. The van der Waals surface area contributed by atoms with Crippen LogP contribution in [0.4, 0.5) is 15.8 Å². The van der Waals surface area contributed by atoms with Gasteiger partial charge in [-0.05, 0) is 29.8 Å². The third-order valence-electron chi connectivity index (χ3n) is 5.76. The second-order valence-corrected chi connectivity index (χ2v) is 9.76. The second kappa shape index (κ2) is 9.49. The van der Waals surface area contributed by atoms with Crippen molar-refractivity contribution in [1.82, 2.24) is 9.21 Å². The molecule has 11 heteroatoms. The zero-order valence-corrected chi connectivity index (χ0v) is 18.3. The van der Waals surface area contributed by atoms with Gasteiger partial charge in [-0.1, -0.05) is 12.1 Å². The molecule has 0 atom stereocenters. The molecule has 0 radical (unpaired) electrons. The van der Waals surface area contributed by atoms with Crippen LogP contribution in [0.15, 0.2) is 47.4 Å². The third kappa shape index (κ3) is 4.90. The Hall–Kier alpha value is -2.60. The van der Waals surface area contributed by atoms with E-state index in [9.17, 15) is 22.9 Å². The summed E-state index contributed by atoms with van der Waals surface area (Å²) < 4.78 is 45.7. The van der Waals surface area contributed by atoms with Crippen LogP contribution in [0, 0.1) is 15.9 Å². The van der Waals surface area contributed by atoms with E-state index < -0.39 is 14.9 Å². The molecule has 0 spiro atoms. The third-order valence-corrected chi connectivity index (χ3v) is 7.65. The van der Waals surface area contributed by atoms with Gasteiger partial charge < -0.3 is 9.64 Å². The Bertz CT molecular complexity index is 1080. The molecule has 0 amide bonds. The summed E-state index contributed by atoms with van der Waals surface area (Å²) in [7, 11) is -3.82. The van der Waals surface area contributed by atoms with E-state index in [-0.39, 0.29) is 29.5 Å². The predicted octanol–water partition coefficient (Wildman–Crippen LogP) is 2.08. The normalized spacial score (nSPS) is 18.6. The molecule has 0 bridgehead atoms. The molecule has 2 aliphatic rings. The minimum atomic E-state index is -3.82. The number of anilines is 1. The first-order valence-electron chi connectivity index (χ1n) is 10.4. The second-order valence-electron chi connectivity index (χ2n) is 7.82. The molecule has 2 saturated heterocycles. The summed E-state index contributed by atoms with van der Waals surface area (Å²) in [5.74, 6) is -0.274. The van der Waals surface area contributed by atoms with Crippen molar-refractivity contribution in [1.29, 1.82) is 0 Å². The number of morpholine rings is 1. The predicted molar refractivity (Wildman–Crippen MR) is 117 cm³/mol. The molecule has 2 heterocycles. The fourth-order valence-corrected chi connectivity index (χ4v) is 5.48. The van der Waals surface area contributed by atoms with Crippen LogP contribution in [0.25, 0.3) is 0 Å². The monoisotopic (exact) mass is 464 g/mol. The molecule has 0 unspecified atom stereocenters. The van der Waals surface area contributed by atoms with E-state index in [0.717, 1.165) is 11.6 Å². The highest BCUT2D eigenvalue weighted by molar-refractivity contribution is 7.89. The first kappa shape index (κ1) is 22.6. The summed E-state index contributed by atoms with van der Waals surface area (Å²) in [5, 5.41) is 11.8. The molecular weight excluding hydrogens is 439 g/mol. The van der Waals surface area contributed by atoms with Crippen molar-refractivity contribution in [3.05, 3.63) is 64.0 Å². The summed E-state index contributed by atoms with van der Waals surface area (Å²) in [6.07, 6.45) is 0. The average Bonchev–Trinajstić information content (AvgIpc) is 2.80. The summed E-state index contributed by atoms with van der Waals surface area (Å²) in [6, 6.07) is 10.6. The SMILES string of the molecule is O=[N+]([O-])c1cc(S(=O)(=O)N2CCOCC2)ccc1N1CCN(Cc2cccc(F)c2)CC1. The number of sulfonamides is 1. The van der Waals surface area contributed by atoms with Gasteiger partial charge in [-0.2, -0.15) is 4.31 Å². The molecule has 2 aromatic carbocycles. The van der Waals surface area contributed by atoms with Gasteiger partial charge in [0.15, 0.2) is 0 Å². The van der Waals surface area contributed by atoms with E-state index in [0.29, 0.717) is 51.6 Å². The number of ether oxygens (including phenoxy) is 1. The summed E-state index contributed by atoms with van der Waals surface area (Å²) in [6.45, 7) is 4.07. The van der Waals surface area contributed by atoms with E-state index in [4.69, 9.17) is 4.74 Å². The van der Waals surface area contributed by atoms with Gasteiger partial charge in [0, 0.05) is 51.9 Å². The number of nitrogens with zero attached hydrogens (tertiary/aromatic N) is 4. The van der Waals surface area contributed by atoms with Crippen LogP contribution in [-0.4, -0.2) is 75.0 Å². The Balaban J connectivity index is 1.48. The maximum absolute atomic E-state index is 13.4. The first-order chi connectivity index (χ1) is 15.3. The molecular formula is C21H25FN4O5S. The molecule has 9 nitrogen and oxygen atoms in total. The Morgan fingerprint density at radius 1 is 1.00 bits per heavy atom. The lowest BCUT2D eigenvalue weighted by Gasteiger charge is -2.36. The topological polar surface area (TPSA) is 96.2 Å². The highest BCUT2D eigenvalue weighted by Gasteiger charge is 2.30. The van der Waals surface area contributed by atoms with Crippen LogP contribution in [0.2, 0.25) is 0 Å². The van der Waals surface area contributed by atoms with E-state index in [1.54, 1.807) is 6.07 Å². The average molecular weight is 465 g/mol. The Kier molecular flexibility index (Phi) is 6.70. The zero-order chi connectivity index (χ0) is 22.7. The molecule has 2 aromatic rings. The molecule has 2 aliphatic heterocycles. The maximum atomic E-state index is 13.4. The minimum Gasteiger partial charge on any atom is -0.379 e. The van der Waals surface area contributed by atoms with Crippen molar-refractivity contribution < 1.29 is 22.5 Å². The van der Waals surface area contributed by atoms with Crippen molar-refractivity contribution in [2.45, 2.75) is 11.4 Å². The zero-order valence-electron chi connectivity index (χ0n) is 17.5. The number of hydrogen-bond donors (Lipinski definition) is 0. The number of nitro groups is 1. The number of benzene rings is 2. The largest absolute Gasteiger partial charge is 0.379 e. The van der Waals surface area contributed by atoms with Crippen LogP contribution in [0.1, 0.15) is 5.56 Å². The van der Waals surface area contributed by atoms with Crippen LogP contribution in [-0.2, 0) is 21.3 Å². The molecule has 0 aromatic heterocycles. The molecule has 32 heavy (non-hydrogen) atoms. The van der Waals surface area contributed by atoms with Crippen molar-refractivity contribution in [3.8, 4) is 0 Å². The molecule has 0 aliphatic carbocycles. The molecule has 0 N–H and O–H groups in total. The summed E-state index contributed by atoms with van der Waals surface area (Å²) >= 11 is 0. The van der Waals surface area contributed by atoms with Crippen molar-refractivity contribution in [2.24, 2.45) is 0 Å². The van der Waals surface area contributed by atoms with Crippen LogP contribution in [0.5, 0.6) is 0 Å².